The predicted octanol–water partition coefficient (Wildman–Crippen LogP) is 2.17. The van der Waals surface area contributed by atoms with Crippen molar-refractivity contribution < 1.29 is 4.74 Å². The summed E-state index contributed by atoms with van der Waals surface area (Å²) in [5.74, 6) is 1.13. The third-order valence-electron chi connectivity index (χ3n) is 2.10. The van der Waals surface area contributed by atoms with Gasteiger partial charge in [-0.1, -0.05) is 0 Å². The summed E-state index contributed by atoms with van der Waals surface area (Å²) in [6, 6.07) is 1.79. The van der Waals surface area contributed by atoms with Gasteiger partial charge >= 0.3 is 0 Å². The molecule has 2 aromatic heterocycles. The molecule has 0 amide bonds. The fourth-order valence-corrected chi connectivity index (χ4v) is 2.07. The summed E-state index contributed by atoms with van der Waals surface area (Å²) in [6.45, 7) is 4.51. The Hall–Kier alpha value is -1.69. The summed E-state index contributed by atoms with van der Waals surface area (Å²) in [4.78, 5) is 12.8. The standard InChI is InChI=1S/C11H14N4OS/c1-7-4-9(16-3)15-11(14-7)12-5-10-13-8(2)6-17-10/h4,6H,5H2,1-3H3,(H,12,14,15). The number of hydrogen-bond acceptors (Lipinski definition) is 6. The Balaban J connectivity index is 2.05. The van der Waals surface area contributed by atoms with E-state index in [1.54, 1.807) is 24.5 Å². The molecule has 0 saturated carbocycles. The van der Waals surface area contributed by atoms with Crippen molar-refractivity contribution in [3.8, 4) is 5.88 Å². The molecule has 2 aromatic rings. The minimum atomic E-state index is 0.565. The number of nitrogens with one attached hydrogen (secondary N) is 1. The molecule has 0 bridgehead atoms. The topological polar surface area (TPSA) is 59.9 Å². The van der Waals surface area contributed by atoms with Crippen LogP contribution >= 0.6 is 11.3 Å². The Labute approximate surface area is 104 Å². The Morgan fingerprint density at radius 3 is 2.71 bits per heavy atom. The van der Waals surface area contributed by atoms with Crippen molar-refractivity contribution in [2.45, 2.75) is 20.4 Å². The number of thiazole rings is 1. The molecule has 6 heteroatoms. The highest BCUT2D eigenvalue weighted by Gasteiger charge is 2.03. The zero-order chi connectivity index (χ0) is 12.3. The highest BCUT2D eigenvalue weighted by Crippen LogP contribution is 2.13. The molecule has 0 saturated heterocycles. The van der Waals surface area contributed by atoms with Crippen molar-refractivity contribution in [2.75, 3.05) is 12.4 Å². The number of methoxy groups -OCH3 is 1. The van der Waals surface area contributed by atoms with Gasteiger partial charge in [-0.2, -0.15) is 4.98 Å². The van der Waals surface area contributed by atoms with E-state index >= 15 is 0 Å². The molecule has 2 rings (SSSR count). The third-order valence-corrected chi connectivity index (χ3v) is 3.07. The largest absolute Gasteiger partial charge is 0.481 e. The fraction of sp³-hybridized carbons (Fsp3) is 0.364. The van der Waals surface area contributed by atoms with Crippen LogP contribution in [0.2, 0.25) is 0 Å². The lowest BCUT2D eigenvalue weighted by Crippen LogP contribution is -2.05. The lowest BCUT2D eigenvalue weighted by molar-refractivity contribution is 0.397. The molecular weight excluding hydrogens is 236 g/mol. The maximum absolute atomic E-state index is 5.09. The number of nitrogens with zero attached hydrogens (tertiary/aromatic N) is 3. The first-order chi connectivity index (χ1) is 8.17. The summed E-state index contributed by atoms with van der Waals surface area (Å²) in [7, 11) is 1.59. The van der Waals surface area contributed by atoms with Crippen LogP contribution in [0.1, 0.15) is 16.4 Å². The SMILES string of the molecule is COc1cc(C)nc(NCc2nc(C)cs2)n1. The zero-order valence-corrected chi connectivity index (χ0v) is 10.8. The summed E-state index contributed by atoms with van der Waals surface area (Å²) in [5.41, 5.74) is 1.91. The van der Waals surface area contributed by atoms with Gasteiger partial charge in [-0.3, -0.25) is 0 Å². The molecule has 2 heterocycles. The maximum Gasteiger partial charge on any atom is 0.226 e. The Kier molecular flexibility index (Phi) is 3.53. The van der Waals surface area contributed by atoms with Gasteiger partial charge in [0.2, 0.25) is 11.8 Å². The molecule has 0 aliphatic heterocycles. The number of anilines is 1. The van der Waals surface area contributed by atoms with Crippen LogP contribution in [0, 0.1) is 13.8 Å². The highest BCUT2D eigenvalue weighted by atomic mass is 32.1. The molecule has 1 N–H and O–H groups in total. The van der Waals surface area contributed by atoms with Crippen molar-refractivity contribution in [3.05, 3.63) is 27.8 Å². The van der Waals surface area contributed by atoms with Gasteiger partial charge in [0.05, 0.1) is 13.7 Å². The lowest BCUT2D eigenvalue weighted by atomic mass is 10.4. The van der Waals surface area contributed by atoms with Crippen molar-refractivity contribution in [1.29, 1.82) is 0 Å². The normalized spacial score (nSPS) is 10.3. The van der Waals surface area contributed by atoms with Crippen LogP contribution in [0.15, 0.2) is 11.4 Å². The molecular formula is C11H14N4OS. The first kappa shape index (κ1) is 11.8. The minimum absolute atomic E-state index is 0.565. The van der Waals surface area contributed by atoms with E-state index in [9.17, 15) is 0 Å². The van der Waals surface area contributed by atoms with E-state index in [-0.39, 0.29) is 0 Å². The fourth-order valence-electron chi connectivity index (χ4n) is 1.36. The van der Waals surface area contributed by atoms with Gasteiger partial charge in [0.25, 0.3) is 0 Å². The molecule has 0 atom stereocenters. The van der Waals surface area contributed by atoms with Crippen LogP contribution in [-0.2, 0) is 6.54 Å². The van der Waals surface area contributed by atoms with Gasteiger partial charge in [0.1, 0.15) is 5.01 Å². The van der Waals surface area contributed by atoms with E-state index in [0.717, 1.165) is 16.4 Å². The van der Waals surface area contributed by atoms with E-state index in [4.69, 9.17) is 4.74 Å². The van der Waals surface area contributed by atoms with Crippen LogP contribution in [0.4, 0.5) is 5.95 Å². The minimum Gasteiger partial charge on any atom is -0.481 e. The first-order valence-corrected chi connectivity index (χ1v) is 6.10. The average molecular weight is 250 g/mol. The predicted molar refractivity (Wildman–Crippen MR) is 67.5 cm³/mol. The van der Waals surface area contributed by atoms with E-state index in [2.05, 4.69) is 20.3 Å². The molecule has 90 valence electrons. The quantitative estimate of drug-likeness (QED) is 0.901. The molecule has 0 radical (unpaired) electrons. The monoisotopic (exact) mass is 250 g/mol. The Morgan fingerprint density at radius 1 is 1.24 bits per heavy atom. The van der Waals surface area contributed by atoms with Crippen LogP contribution < -0.4 is 10.1 Å². The third kappa shape index (κ3) is 3.13. The first-order valence-electron chi connectivity index (χ1n) is 5.22. The van der Waals surface area contributed by atoms with Gasteiger partial charge < -0.3 is 10.1 Å². The summed E-state index contributed by atoms with van der Waals surface area (Å²) < 4.78 is 5.09. The summed E-state index contributed by atoms with van der Waals surface area (Å²) in [6.07, 6.45) is 0. The van der Waals surface area contributed by atoms with Crippen LogP contribution in [0.5, 0.6) is 5.88 Å². The van der Waals surface area contributed by atoms with Crippen LogP contribution in [0.3, 0.4) is 0 Å². The molecule has 0 spiro atoms. The van der Waals surface area contributed by atoms with Gasteiger partial charge in [-0.05, 0) is 13.8 Å². The number of aryl methyl sites for hydroxylation is 2. The lowest BCUT2D eigenvalue weighted by Gasteiger charge is -2.05. The number of ether oxygens (including phenoxy) is 1. The molecule has 5 nitrogen and oxygen atoms in total. The summed E-state index contributed by atoms with van der Waals surface area (Å²) >= 11 is 1.62. The molecule has 0 unspecified atom stereocenters. The second-order valence-corrected chi connectivity index (χ2v) is 4.55. The molecule has 0 aliphatic rings. The van der Waals surface area contributed by atoms with Crippen LogP contribution in [-0.4, -0.2) is 22.1 Å². The van der Waals surface area contributed by atoms with Crippen molar-refractivity contribution in [3.63, 3.8) is 0 Å². The van der Waals surface area contributed by atoms with E-state index in [1.165, 1.54) is 0 Å². The number of hydrogen-bond donors (Lipinski definition) is 1. The summed E-state index contributed by atoms with van der Waals surface area (Å²) in [5, 5.41) is 6.18. The van der Waals surface area contributed by atoms with Crippen molar-refractivity contribution in [2.24, 2.45) is 0 Å². The highest BCUT2D eigenvalue weighted by molar-refractivity contribution is 7.09. The van der Waals surface area contributed by atoms with E-state index < -0.39 is 0 Å². The van der Waals surface area contributed by atoms with Crippen molar-refractivity contribution >= 4 is 17.3 Å². The Morgan fingerprint density at radius 2 is 2.06 bits per heavy atom. The second-order valence-electron chi connectivity index (χ2n) is 3.61. The molecule has 0 fully saturated rings. The van der Waals surface area contributed by atoms with E-state index in [0.29, 0.717) is 18.4 Å². The molecule has 0 aromatic carbocycles. The molecule has 0 aliphatic carbocycles. The van der Waals surface area contributed by atoms with Gasteiger partial charge in [0.15, 0.2) is 0 Å². The Bertz CT molecular complexity index is 512. The van der Waals surface area contributed by atoms with E-state index in [1.807, 2.05) is 19.2 Å². The zero-order valence-electron chi connectivity index (χ0n) is 10.0. The second kappa shape index (κ2) is 5.09. The van der Waals surface area contributed by atoms with Crippen molar-refractivity contribution in [1.82, 2.24) is 15.0 Å². The molecule has 17 heavy (non-hydrogen) atoms. The van der Waals surface area contributed by atoms with Gasteiger partial charge in [-0.25, -0.2) is 9.97 Å². The van der Waals surface area contributed by atoms with Crippen LogP contribution in [0.25, 0.3) is 0 Å². The van der Waals surface area contributed by atoms with Gasteiger partial charge in [0, 0.05) is 22.8 Å². The number of rotatable bonds is 4. The van der Waals surface area contributed by atoms with Gasteiger partial charge in [-0.15, -0.1) is 11.3 Å². The average Bonchev–Trinajstić information content (AvgIpc) is 2.72. The maximum atomic E-state index is 5.09. The number of aromatic nitrogens is 3. The smallest absolute Gasteiger partial charge is 0.226 e.